The Morgan fingerprint density at radius 2 is 1.92 bits per heavy atom. The summed E-state index contributed by atoms with van der Waals surface area (Å²) >= 11 is 0. The zero-order valence-electron chi connectivity index (χ0n) is 14.9. The summed E-state index contributed by atoms with van der Waals surface area (Å²) in [6.07, 6.45) is 0.315. The maximum Gasteiger partial charge on any atom is 0.225 e. The number of nitrogens with zero attached hydrogens (tertiary/aromatic N) is 2. The molecule has 1 aromatic heterocycles. The molecule has 1 heterocycles. The van der Waals surface area contributed by atoms with Crippen LogP contribution in [-0.4, -0.2) is 22.2 Å². The predicted molar refractivity (Wildman–Crippen MR) is 100 cm³/mol. The molecule has 0 saturated heterocycles. The highest BCUT2D eigenvalue weighted by atomic mass is 16.1. The molecule has 3 aromatic rings. The monoisotopic (exact) mass is 336 g/mol. The number of fused-ring (bicyclic) bond motifs is 1. The fourth-order valence-electron chi connectivity index (χ4n) is 3.18. The molecule has 0 unspecified atom stereocenters. The molecule has 130 valence electrons. The standard InChI is InChI=1S/C20H24N4O/c1-13-18(14(2)24(3)23-13)11-20(25)22-19(12-21)17-9-8-15-6-4-5-7-16(15)10-17/h4-10,19H,11-12,21H2,1-3H3,(H,22,25)/t19-/m0/s1. The Morgan fingerprint density at radius 3 is 2.56 bits per heavy atom. The number of carbonyl (C=O) groups excluding carboxylic acids is 1. The van der Waals surface area contributed by atoms with Gasteiger partial charge in [0.15, 0.2) is 0 Å². The van der Waals surface area contributed by atoms with Gasteiger partial charge in [-0.15, -0.1) is 0 Å². The molecule has 0 radical (unpaired) electrons. The molecular weight excluding hydrogens is 312 g/mol. The highest BCUT2D eigenvalue weighted by Crippen LogP contribution is 2.20. The van der Waals surface area contributed by atoms with Gasteiger partial charge in [0, 0.05) is 24.8 Å². The first kappa shape index (κ1) is 17.2. The lowest BCUT2D eigenvalue weighted by molar-refractivity contribution is -0.121. The van der Waals surface area contributed by atoms with Crippen LogP contribution in [0.3, 0.4) is 0 Å². The van der Waals surface area contributed by atoms with Gasteiger partial charge < -0.3 is 11.1 Å². The molecular formula is C20H24N4O. The van der Waals surface area contributed by atoms with E-state index in [1.807, 2.05) is 43.8 Å². The van der Waals surface area contributed by atoms with E-state index in [0.717, 1.165) is 27.9 Å². The third-order valence-corrected chi connectivity index (χ3v) is 4.74. The van der Waals surface area contributed by atoms with Gasteiger partial charge in [-0.3, -0.25) is 9.48 Å². The van der Waals surface area contributed by atoms with E-state index in [-0.39, 0.29) is 11.9 Å². The van der Waals surface area contributed by atoms with Gasteiger partial charge in [0.2, 0.25) is 5.91 Å². The maximum atomic E-state index is 12.5. The SMILES string of the molecule is Cc1nn(C)c(C)c1CC(=O)N[C@@H](CN)c1ccc2ccccc2c1. The number of nitrogens with two attached hydrogens (primary N) is 1. The van der Waals surface area contributed by atoms with Gasteiger partial charge in [-0.1, -0.05) is 36.4 Å². The molecule has 5 heteroatoms. The third kappa shape index (κ3) is 3.56. The Bertz CT molecular complexity index is 913. The van der Waals surface area contributed by atoms with Crippen LogP contribution < -0.4 is 11.1 Å². The summed E-state index contributed by atoms with van der Waals surface area (Å²) in [5.41, 5.74) is 9.84. The average molecular weight is 336 g/mol. The zero-order valence-corrected chi connectivity index (χ0v) is 14.9. The van der Waals surface area contributed by atoms with Gasteiger partial charge in [-0.25, -0.2) is 0 Å². The Morgan fingerprint density at radius 1 is 1.20 bits per heavy atom. The van der Waals surface area contributed by atoms with E-state index in [2.05, 4.69) is 34.7 Å². The predicted octanol–water partition coefficient (Wildman–Crippen LogP) is 2.55. The van der Waals surface area contributed by atoms with Crippen LogP contribution >= 0.6 is 0 Å². The van der Waals surface area contributed by atoms with Crippen molar-refractivity contribution in [2.24, 2.45) is 12.8 Å². The van der Waals surface area contributed by atoms with Crippen LogP contribution in [0.5, 0.6) is 0 Å². The lowest BCUT2D eigenvalue weighted by Gasteiger charge is -2.18. The van der Waals surface area contributed by atoms with Gasteiger partial charge >= 0.3 is 0 Å². The minimum atomic E-state index is -0.200. The second-order valence-corrected chi connectivity index (χ2v) is 6.41. The Hall–Kier alpha value is -2.66. The van der Waals surface area contributed by atoms with E-state index in [4.69, 9.17) is 5.73 Å². The fourth-order valence-corrected chi connectivity index (χ4v) is 3.18. The highest BCUT2D eigenvalue weighted by molar-refractivity contribution is 5.84. The lowest BCUT2D eigenvalue weighted by Crippen LogP contribution is -2.34. The summed E-state index contributed by atoms with van der Waals surface area (Å²) in [5, 5.41) is 9.75. The molecule has 3 rings (SSSR count). The van der Waals surface area contributed by atoms with Gasteiger partial charge in [0.25, 0.3) is 0 Å². The summed E-state index contributed by atoms with van der Waals surface area (Å²) in [7, 11) is 1.89. The molecule has 0 saturated carbocycles. The molecule has 0 aliphatic heterocycles. The first-order valence-corrected chi connectivity index (χ1v) is 8.46. The second-order valence-electron chi connectivity index (χ2n) is 6.41. The van der Waals surface area contributed by atoms with Crippen molar-refractivity contribution in [1.82, 2.24) is 15.1 Å². The number of carbonyl (C=O) groups is 1. The topological polar surface area (TPSA) is 72.9 Å². The molecule has 0 aliphatic rings. The van der Waals surface area contributed by atoms with Gasteiger partial charge in [0.1, 0.15) is 0 Å². The number of benzene rings is 2. The van der Waals surface area contributed by atoms with Crippen LogP contribution in [0.15, 0.2) is 42.5 Å². The molecule has 2 aromatic carbocycles. The quantitative estimate of drug-likeness (QED) is 0.752. The fraction of sp³-hybridized carbons (Fsp3) is 0.300. The lowest BCUT2D eigenvalue weighted by atomic mass is 10.0. The largest absolute Gasteiger partial charge is 0.348 e. The Balaban J connectivity index is 1.77. The molecule has 1 amide bonds. The smallest absolute Gasteiger partial charge is 0.225 e. The van der Waals surface area contributed by atoms with Crippen LogP contribution in [0.2, 0.25) is 0 Å². The summed E-state index contributed by atoms with van der Waals surface area (Å²) in [6, 6.07) is 14.1. The van der Waals surface area contributed by atoms with Crippen molar-refractivity contribution < 1.29 is 4.79 Å². The van der Waals surface area contributed by atoms with Crippen LogP contribution in [0.1, 0.15) is 28.6 Å². The van der Waals surface area contributed by atoms with E-state index in [1.54, 1.807) is 0 Å². The van der Waals surface area contributed by atoms with Gasteiger partial charge in [-0.05, 0) is 36.2 Å². The number of nitrogens with one attached hydrogen (secondary N) is 1. The number of aryl methyl sites for hydroxylation is 2. The van der Waals surface area contributed by atoms with Crippen LogP contribution in [0.4, 0.5) is 0 Å². The number of rotatable bonds is 5. The third-order valence-electron chi connectivity index (χ3n) is 4.74. The summed E-state index contributed by atoms with van der Waals surface area (Å²) in [6.45, 7) is 4.26. The van der Waals surface area contributed by atoms with Crippen LogP contribution in [0, 0.1) is 13.8 Å². The summed E-state index contributed by atoms with van der Waals surface area (Å²) in [5.74, 6) is -0.0391. The van der Waals surface area contributed by atoms with Crippen molar-refractivity contribution in [3.8, 4) is 0 Å². The van der Waals surface area contributed by atoms with Crippen molar-refractivity contribution in [3.63, 3.8) is 0 Å². The van der Waals surface area contributed by atoms with E-state index in [1.165, 1.54) is 5.39 Å². The molecule has 0 aliphatic carbocycles. The van der Waals surface area contributed by atoms with Crippen molar-refractivity contribution in [2.75, 3.05) is 6.54 Å². The average Bonchev–Trinajstić information content (AvgIpc) is 2.85. The van der Waals surface area contributed by atoms with Gasteiger partial charge in [0.05, 0.1) is 18.2 Å². The van der Waals surface area contributed by atoms with Gasteiger partial charge in [-0.2, -0.15) is 5.10 Å². The second kappa shape index (κ2) is 7.07. The molecule has 0 fully saturated rings. The number of aromatic nitrogens is 2. The van der Waals surface area contributed by atoms with E-state index < -0.39 is 0 Å². The minimum Gasteiger partial charge on any atom is -0.348 e. The van der Waals surface area contributed by atoms with E-state index in [0.29, 0.717) is 13.0 Å². The van der Waals surface area contributed by atoms with Crippen molar-refractivity contribution in [3.05, 3.63) is 65.0 Å². The molecule has 25 heavy (non-hydrogen) atoms. The maximum absolute atomic E-state index is 12.5. The summed E-state index contributed by atoms with van der Waals surface area (Å²) < 4.78 is 1.81. The Kier molecular flexibility index (Phi) is 4.86. The number of amides is 1. The normalized spacial score (nSPS) is 12.3. The molecule has 0 spiro atoms. The van der Waals surface area contributed by atoms with Crippen molar-refractivity contribution >= 4 is 16.7 Å². The number of hydrogen-bond donors (Lipinski definition) is 2. The van der Waals surface area contributed by atoms with Crippen LogP contribution in [-0.2, 0) is 18.3 Å². The minimum absolute atomic E-state index is 0.0391. The first-order valence-electron chi connectivity index (χ1n) is 8.46. The molecule has 0 bridgehead atoms. The molecule has 3 N–H and O–H groups in total. The zero-order chi connectivity index (χ0) is 18.0. The highest BCUT2D eigenvalue weighted by Gasteiger charge is 2.17. The Labute approximate surface area is 147 Å². The van der Waals surface area contributed by atoms with Crippen LogP contribution in [0.25, 0.3) is 10.8 Å². The molecule has 5 nitrogen and oxygen atoms in total. The number of hydrogen-bond acceptors (Lipinski definition) is 3. The van der Waals surface area contributed by atoms with E-state index >= 15 is 0 Å². The summed E-state index contributed by atoms with van der Waals surface area (Å²) in [4.78, 5) is 12.5. The molecule has 1 atom stereocenters. The van der Waals surface area contributed by atoms with Crippen molar-refractivity contribution in [1.29, 1.82) is 0 Å². The van der Waals surface area contributed by atoms with Crippen molar-refractivity contribution in [2.45, 2.75) is 26.3 Å². The van der Waals surface area contributed by atoms with E-state index in [9.17, 15) is 4.79 Å². The first-order chi connectivity index (χ1) is 12.0.